The second-order valence-electron chi connectivity index (χ2n) is 5.79. The van der Waals surface area contributed by atoms with Gasteiger partial charge in [0.2, 0.25) is 0 Å². The van der Waals surface area contributed by atoms with Gasteiger partial charge in [0.15, 0.2) is 9.84 Å². The molecule has 0 aromatic carbocycles. The summed E-state index contributed by atoms with van der Waals surface area (Å²) >= 11 is 0. The molecule has 0 amide bonds. The second kappa shape index (κ2) is 3.00. The van der Waals surface area contributed by atoms with Crippen LogP contribution in [0.3, 0.4) is 0 Å². The summed E-state index contributed by atoms with van der Waals surface area (Å²) in [5.74, 6) is 0. The van der Waals surface area contributed by atoms with Crippen molar-refractivity contribution >= 4 is 9.84 Å². The molecule has 16 heavy (non-hydrogen) atoms. The summed E-state index contributed by atoms with van der Waals surface area (Å²) in [5.41, 5.74) is -1.32. The first-order valence-corrected chi connectivity index (χ1v) is 7.60. The lowest BCUT2D eigenvalue weighted by Gasteiger charge is -2.41. The maximum Gasteiger partial charge on any atom is 0.156 e. The third-order valence-electron chi connectivity index (χ3n) is 5.01. The normalized spacial score (nSPS) is 47.9. The van der Waals surface area contributed by atoms with E-state index in [2.05, 4.69) is 0 Å². The van der Waals surface area contributed by atoms with Crippen LogP contribution in [0.1, 0.15) is 38.5 Å². The maximum atomic E-state index is 11.9. The Labute approximate surface area is 95.6 Å². The molecule has 1 aliphatic carbocycles. The van der Waals surface area contributed by atoms with Crippen LogP contribution >= 0.6 is 0 Å². The van der Waals surface area contributed by atoms with Crippen LogP contribution in [-0.2, 0) is 9.84 Å². The van der Waals surface area contributed by atoms with Crippen molar-refractivity contribution in [1.82, 2.24) is 0 Å². The Hall–Kier alpha value is -0.130. The maximum absolute atomic E-state index is 11.9. The highest BCUT2D eigenvalue weighted by molar-refractivity contribution is 7.93. The number of aliphatic hydroxyl groups is 2. The number of rotatable bonds is 2. The van der Waals surface area contributed by atoms with Crippen LogP contribution in [0, 0.1) is 5.41 Å². The molecule has 1 saturated carbocycles. The monoisotopic (exact) mass is 246 g/mol. The average molecular weight is 246 g/mol. The van der Waals surface area contributed by atoms with E-state index >= 15 is 0 Å². The summed E-state index contributed by atoms with van der Waals surface area (Å²) in [5, 5.41) is 19.3. The molecule has 3 aliphatic rings. The van der Waals surface area contributed by atoms with Crippen LogP contribution in [0.15, 0.2) is 0 Å². The Morgan fingerprint density at radius 1 is 1.12 bits per heavy atom. The van der Waals surface area contributed by atoms with Gasteiger partial charge in [-0.2, -0.15) is 0 Å². The van der Waals surface area contributed by atoms with Crippen molar-refractivity contribution in [3.8, 4) is 0 Å². The minimum absolute atomic E-state index is 0.0109. The second-order valence-corrected chi connectivity index (χ2v) is 8.30. The van der Waals surface area contributed by atoms with E-state index in [1.807, 2.05) is 0 Å². The van der Waals surface area contributed by atoms with Gasteiger partial charge in [0.1, 0.15) is 0 Å². The van der Waals surface area contributed by atoms with Crippen LogP contribution < -0.4 is 0 Å². The van der Waals surface area contributed by atoms with Crippen molar-refractivity contribution in [2.24, 2.45) is 5.41 Å². The van der Waals surface area contributed by atoms with Crippen LogP contribution in [0.2, 0.25) is 0 Å². The van der Waals surface area contributed by atoms with E-state index in [4.69, 9.17) is 0 Å². The Morgan fingerprint density at radius 2 is 1.62 bits per heavy atom. The lowest BCUT2D eigenvalue weighted by molar-refractivity contribution is -0.0684. The molecule has 3 rings (SSSR count). The highest BCUT2D eigenvalue weighted by Crippen LogP contribution is 2.60. The van der Waals surface area contributed by atoms with E-state index in [0.29, 0.717) is 25.7 Å². The fourth-order valence-corrected chi connectivity index (χ4v) is 6.09. The third-order valence-corrected chi connectivity index (χ3v) is 7.68. The van der Waals surface area contributed by atoms with Gasteiger partial charge in [-0.05, 0) is 38.5 Å². The van der Waals surface area contributed by atoms with Crippen molar-refractivity contribution in [3.63, 3.8) is 0 Å². The van der Waals surface area contributed by atoms with Gasteiger partial charge < -0.3 is 10.2 Å². The zero-order chi connectivity index (χ0) is 11.6. The van der Waals surface area contributed by atoms with Gasteiger partial charge in [-0.3, -0.25) is 0 Å². The fraction of sp³-hybridized carbons (Fsp3) is 1.00. The van der Waals surface area contributed by atoms with Crippen molar-refractivity contribution < 1.29 is 18.6 Å². The van der Waals surface area contributed by atoms with E-state index in [1.54, 1.807) is 0 Å². The van der Waals surface area contributed by atoms with Crippen LogP contribution in [0.5, 0.6) is 0 Å². The molecule has 2 saturated heterocycles. The molecule has 0 aromatic heterocycles. The average Bonchev–Trinajstić information content (AvgIpc) is 2.97. The van der Waals surface area contributed by atoms with E-state index in [0.717, 1.165) is 12.8 Å². The predicted octanol–water partition coefficient (Wildman–Crippen LogP) is 0.230. The molecule has 3 fully saturated rings. The van der Waals surface area contributed by atoms with E-state index < -0.39 is 15.4 Å². The third kappa shape index (κ3) is 1.19. The highest BCUT2D eigenvalue weighted by atomic mass is 32.2. The first-order chi connectivity index (χ1) is 7.44. The molecular weight excluding hydrogens is 228 g/mol. The minimum atomic E-state index is -2.98. The Morgan fingerprint density at radius 3 is 2.00 bits per heavy atom. The zero-order valence-electron chi connectivity index (χ0n) is 9.22. The van der Waals surface area contributed by atoms with Gasteiger partial charge in [-0.1, -0.05) is 0 Å². The standard InChI is InChI=1S/C11H18O4S/c12-7-10(3-4-10)11(13)5-8-1-2-9(6-11)16(8,14)15/h8-9,12-13H,1-7H2. The number of hydrogen-bond acceptors (Lipinski definition) is 4. The van der Waals surface area contributed by atoms with Gasteiger partial charge in [0.25, 0.3) is 0 Å². The molecule has 2 atom stereocenters. The highest BCUT2D eigenvalue weighted by Gasteiger charge is 2.64. The van der Waals surface area contributed by atoms with Gasteiger partial charge in [-0.15, -0.1) is 0 Å². The molecule has 0 spiro atoms. The van der Waals surface area contributed by atoms with Crippen LogP contribution in [0.25, 0.3) is 0 Å². The summed E-state index contributed by atoms with van der Waals surface area (Å²) in [6, 6.07) is 0. The lowest BCUT2D eigenvalue weighted by atomic mass is 9.78. The van der Waals surface area contributed by atoms with E-state index in [9.17, 15) is 18.6 Å². The van der Waals surface area contributed by atoms with Gasteiger partial charge in [0.05, 0.1) is 22.7 Å². The Bertz CT molecular complexity index is 390. The first-order valence-electron chi connectivity index (χ1n) is 6.00. The molecule has 0 aromatic rings. The summed E-state index contributed by atoms with van der Waals surface area (Å²) in [6.45, 7) is -0.0109. The number of hydrogen-bond donors (Lipinski definition) is 2. The summed E-state index contributed by atoms with van der Waals surface area (Å²) in [4.78, 5) is 0. The molecular formula is C11H18O4S. The molecule has 2 unspecified atom stereocenters. The molecule has 4 nitrogen and oxygen atoms in total. The van der Waals surface area contributed by atoms with Crippen molar-refractivity contribution in [1.29, 1.82) is 0 Å². The number of fused-ring (bicyclic) bond motifs is 2. The SMILES string of the molecule is O=S1(=O)C2CCC1CC(O)(C1(CO)CC1)C2. The van der Waals surface area contributed by atoms with Gasteiger partial charge >= 0.3 is 0 Å². The number of sulfone groups is 1. The molecule has 2 heterocycles. The van der Waals surface area contributed by atoms with E-state index in [-0.39, 0.29) is 22.5 Å². The van der Waals surface area contributed by atoms with Crippen molar-refractivity contribution in [2.75, 3.05) is 6.61 Å². The summed E-state index contributed by atoms with van der Waals surface area (Å²) < 4.78 is 23.8. The van der Waals surface area contributed by atoms with Gasteiger partial charge in [-0.25, -0.2) is 8.42 Å². The largest absolute Gasteiger partial charge is 0.396 e. The lowest BCUT2D eigenvalue weighted by Crippen LogP contribution is -2.51. The number of aliphatic hydroxyl groups excluding tert-OH is 1. The van der Waals surface area contributed by atoms with Gasteiger partial charge in [0, 0.05) is 5.41 Å². The molecule has 92 valence electrons. The van der Waals surface area contributed by atoms with Crippen molar-refractivity contribution in [2.45, 2.75) is 54.6 Å². The Kier molecular flexibility index (Phi) is 2.06. The van der Waals surface area contributed by atoms with Crippen LogP contribution in [-0.4, -0.2) is 41.3 Å². The molecule has 0 radical (unpaired) electrons. The molecule has 2 bridgehead atoms. The van der Waals surface area contributed by atoms with E-state index in [1.165, 1.54) is 0 Å². The zero-order valence-corrected chi connectivity index (χ0v) is 10.0. The molecule has 2 N–H and O–H groups in total. The summed E-state index contributed by atoms with van der Waals surface area (Å²) in [7, 11) is -2.98. The smallest absolute Gasteiger partial charge is 0.156 e. The first kappa shape index (κ1) is 11.0. The van der Waals surface area contributed by atoms with Crippen molar-refractivity contribution in [3.05, 3.63) is 0 Å². The molecule has 2 aliphatic heterocycles. The predicted molar refractivity (Wildman–Crippen MR) is 58.7 cm³/mol. The van der Waals surface area contributed by atoms with Crippen LogP contribution in [0.4, 0.5) is 0 Å². The quantitative estimate of drug-likeness (QED) is 0.731. The fourth-order valence-electron chi connectivity index (χ4n) is 3.60. The molecule has 5 heteroatoms. The summed E-state index contributed by atoms with van der Waals surface area (Å²) in [6.07, 6.45) is 3.73. The Balaban J connectivity index is 1.93. The minimum Gasteiger partial charge on any atom is -0.396 e. The topological polar surface area (TPSA) is 74.6 Å².